The molecule has 130 valence electrons. The Morgan fingerprint density at radius 3 is 2.04 bits per heavy atom. The molecule has 0 aromatic heterocycles. The van der Waals surface area contributed by atoms with Crippen LogP contribution in [0.15, 0.2) is 60.7 Å². The van der Waals surface area contributed by atoms with Crippen molar-refractivity contribution in [2.45, 2.75) is 25.7 Å². The molecular weight excluding hydrogens is 314 g/mol. The quantitative estimate of drug-likeness (QED) is 0.778. The van der Waals surface area contributed by atoms with E-state index in [2.05, 4.69) is 5.32 Å². The van der Waals surface area contributed by atoms with Crippen molar-refractivity contribution in [3.63, 3.8) is 0 Å². The van der Waals surface area contributed by atoms with Crippen LogP contribution in [0.2, 0.25) is 0 Å². The Hall–Kier alpha value is -2.62. The molecule has 4 nitrogen and oxygen atoms in total. The lowest BCUT2D eigenvalue weighted by Crippen LogP contribution is -2.39. The Balaban J connectivity index is 1.57. The van der Waals surface area contributed by atoms with Crippen LogP contribution in [-0.2, 0) is 22.4 Å². The second kappa shape index (κ2) is 7.51. The van der Waals surface area contributed by atoms with E-state index in [-0.39, 0.29) is 17.9 Å². The average Bonchev–Trinajstić information content (AvgIpc) is 3.40. The highest BCUT2D eigenvalue weighted by molar-refractivity contribution is 5.86. The maximum atomic E-state index is 12.6. The monoisotopic (exact) mass is 337 g/mol. The Bertz CT molecular complexity index is 723. The summed E-state index contributed by atoms with van der Waals surface area (Å²) in [6.45, 7) is 0.166. The van der Waals surface area contributed by atoms with Crippen molar-refractivity contribution >= 4 is 11.9 Å². The minimum atomic E-state index is -0.878. The molecule has 1 unspecified atom stereocenters. The molecule has 2 aromatic carbocycles. The third-order valence-electron chi connectivity index (χ3n) is 4.90. The summed E-state index contributed by atoms with van der Waals surface area (Å²) in [5.74, 6) is -1.51. The average molecular weight is 337 g/mol. The van der Waals surface area contributed by atoms with E-state index in [9.17, 15) is 14.7 Å². The highest BCUT2D eigenvalue weighted by Gasteiger charge is 2.49. The number of carboxylic acids is 1. The predicted octanol–water partition coefficient (Wildman–Crippen LogP) is 3.07. The van der Waals surface area contributed by atoms with Gasteiger partial charge in [-0.05, 0) is 36.8 Å². The molecule has 0 heterocycles. The van der Waals surface area contributed by atoms with Crippen molar-refractivity contribution in [3.8, 4) is 0 Å². The molecule has 4 heteroatoms. The first-order valence-corrected chi connectivity index (χ1v) is 8.68. The van der Waals surface area contributed by atoms with Crippen molar-refractivity contribution in [1.29, 1.82) is 0 Å². The largest absolute Gasteiger partial charge is 0.481 e. The first-order valence-electron chi connectivity index (χ1n) is 8.68. The van der Waals surface area contributed by atoms with Gasteiger partial charge < -0.3 is 10.4 Å². The molecule has 2 N–H and O–H groups in total. The van der Waals surface area contributed by atoms with Gasteiger partial charge in [-0.3, -0.25) is 9.59 Å². The number of carbonyl (C=O) groups is 2. The van der Waals surface area contributed by atoms with Crippen LogP contribution in [0.3, 0.4) is 0 Å². The lowest BCUT2D eigenvalue weighted by Gasteiger charge is -2.18. The summed E-state index contributed by atoms with van der Waals surface area (Å²) in [6.07, 6.45) is 2.87. The summed E-state index contributed by atoms with van der Waals surface area (Å²) < 4.78 is 0. The second-order valence-electron chi connectivity index (χ2n) is 6.88. The summed E-state index contributed by atoms with van der Waals surface area (Å²) in [6, 6.07) is 19.5. The first kappa shape index (κ1) is 17.2. The molecule has 1 amide bonds. The van der Waals surface area contributed by atoms with Gasteiger partial charge in [-0.1, -0.05) is 60.7 Å². The number of carbonyl (C=O) groups excluding carboxylic acids is 1. The van der Waals surface area contributed by atoms with Crippen molar-refractivity contribution < 1.29 is 14.7 Å². The smallest absolute Gasteiger partial charge is 0.308 e. The molecule has 25 heavy (non-hydrogen) atoms. The topological polar surface area (TPSA) is 66.4 Å². The Morgan fingerprint density at radius 2 is 1.52 bits per heavy atom. The number of aliphatic carboxylic acids is 1. The summed E-state index contributed by atoms with van der Waals surface area (Å²) in [7, 11) is 0. The van der Waals surface area contributed by atoms with E-state index >= 15 is 0 Å². The minimum absolute atomic E-state index is 0.0179. The first-order chi connectivity index (χ1) is 12.1. The van der Waals surface area contributed by atoms with Gasteiger partial charge in [0.15, 0.2) is 0 Å². The molecule has 0 aliphatic heterocycles. The molecule has 3 rings (SSSR count). The third-order valence-corrected chi connectivity index (χ3v) is 4.90. The third kappa shape index (κ3) is 4.47. The Morgan fingerprint density at radius 1 is 0.960 bits per heavy atom. The van der Waals surface area contributed by atoms with E-state index in [1.54, 1.807) is 0 Å². The van der Waals surface area contributed by atoms with Gasteiger partial charge in [0.05, 0.1) is 11.3 Å². The van der Waals surface area contributed by atoms with Crippen LogP contribution in [-0.4, -0.2) is 23.5 Å². The second-order valence-corrected chi connectivity index (χ2v) is 6.88. The summed E-state index contributed by atoms with van der Waals surface area (Å²) >= 11 is 0. The fourth-order valence-electron chi connectivity index (χ4n) is 3.17. The van der Waals surface area contributed by atoms with E-state index in [1.807, 2.05) is 60.7 Å². The van der Waals surface area contributed by atoms with E-state index in [0.717, 1.165) is 30.4 Å². The van der Waals surface area contributed by atoms with Gasteiger partial charge in [-0.2, -0.15) is 0 Å². The lowest BCUT2D eigenvalue weighted by molar-refractivity contribution is -0.141. The molecule has 1 aliphatic carbocycles. The zero-order chi connectivity index (χ0) is 17.7. The van der Waals surface area contributed by atoms with Gasteiger partial charge in [0, 0.05) is 6.54 Å². The van der Waals surface area contributed by atoms with Gasteiger partial charge in [0.2, 0.25) is 5.91 Å². The van der Waals surface area contributed by atoms with Gasteiger partial charge in [-0.25, -0.2) is 0 Å². The van der Waals surface area contributed by atoms with Crippen LogP contribution < -0.4 is 5.32 Å². The number of hydrogen-bond acceptors (Lipinski definition) is 2. The zero-order valence-corrected chi connectivity index (χ0v) is 14.2. The molecule has 2 aromatic rings. The number of nitrogens with one attached hydrogen (secondary N) is 1. The summed E-state index contributed by atoms with van der Waals surface area (Å²) in [5.41, 5.74) is 1.76. The molecule has 0 spiro atoms. The number of carboxylic acid groups (broad SMARTS) is 1. The van der Waals surface area contributed by atoms with Gasteiger partial charge in [-0.15, -0.1) is 0 Å². The van der Waals surface area contributed by atoms with Crippen LogP contribution in [0.25, 0.3) is 0 Å². The van der Waals surface area contributed by atoms with Crippen LogP contribution in [0.4, 0.5) is 0 Å². The lowest BCUT2D eigenvalue weighted by atomic mass is 9.94. The molecule has 1 aliphatic rings. The maximum Gasteiger partial charge on any atom is 0.308 e. The molecule has 0 bridgehead atoms. The molecule has 1 atom stereocenters. The van der Waals surface area contributed by atoms with Crippen LogP contribution in [0, 0.1) is 11.3 Å². The van der Waals surface area contributed by atoms with Gasteiger partial charge in [0.1, 0.15) is 0 Å². The number of rotatable bonds is 8. The molecule has 1 saturated carbocycles. The van der Waals surface area contributed by atoms with Gasteiger partial charge >= 0.3 is 5.97 Å². The highest BCUT2D eigenvalue weighted by atomic mass is 16.4. The van der Waals surface area contributed by atoms with Crippen LogP contribution in [0.5, 0.6) is 0 Å². The minimum Gasteiger partial charge on any atom is -0.481 e. The van der Waals surface area contributed by atoms with Gasteiger partial charge in [0.25, 0.3) is 0 Å². The van der Waals surface area contributed by atoms with E-state index in [0.29, 0.717) is 6.42 Å². The fraction of sp³-hybridized carbons (Fsp3) is 0.333. The van der Waals surface area contributed by atoms with Crippen molar-refractivity contribution in [1.82, 2.24) is 5.32 Å². The SMILES string of the molecule is O=C(O)C(CNC(=O)C1(Cc2ccccc2)CC1)Cc1ccccc1. The van der Waals surface area contributed by atoms with Crippen molar-refractivity contribution in [2.75, 3.05) is 6.54 Å². The van der Waals surface area contributed by atoms with Crippen molar-refractivity contribution in [3.05, 3.63) is 71.8 Å². The number of benzene rings is 2. The number of amides is 1. The summed E-state index contributed by atoms with van der Waals surface area (Å²) in [5, 5.41) is 12.3. The van der Waals surface area contributed by atoms with Crippen LogP contribution >= 0.6 is 0 Å². The standard InChI is InChI=1S/C21H23NO3/c23-19(24)18(13-16-7-3-1-4-8-16)15-22-20(25)21(11-12-21)14-17-9-5-2-6-10-17/h1-10,18H,11-15H2,(H,22,25)(H,23,24). The van der Waals surface area contributed by atoms with Crippen molar-refractivity contribution in [2.24, 2.45) is 11.3 Å². The zero-order valence-electron chi connectivity index (χ0n) is 14.2. The normalized spacial score (nSPS) is 16.0. The Labute approximate surface area is 147 Å². The Kier molecular flexibility index (Phi) is 5.17. The molecule has 0 radical (unpaired) electrons. The predicted molar refractivity (Wildman–Crippen MR) is 96.1 cm³/mol. The van der Waals surface area contributed by atoms with E-state index in [4.69, 9.17) is 0 Å². The highest BCUT2D eigenvalue weighted by Crippen LogP contribution is 2.48. The molecule has 1 fully saturated rings. The fourth-order valence-corrected chi connectivity index (χ4v) is 3.17. The molecule has 0 saturated heterocycles. The van der Waals surface area contributed by atoms with E-state index < -0.39 is 11.9 Å². The maximum absolute atomic E-state index is 12.6. The molecular formula is C21H23NO3. The number of hydrogen-bond donors (Lipinski definition) is 2. The van der Waals surface area contributed by atoms with E-state index in [1.165, 1.54) is 0 Å². The van der Waals surface area contributed by atoms with Crippen LogP contribution in [0.1, 0.15) is 24.0 Å². The summed E-state index contributed by atoms with van der Waals surface area (Å²) in [4.78, 5) is 24.1.